The number of pyridine rings is 1. The second-order valence-electron chi connectivity index (χ2n) is 10.6. The van der Waals surface area contributed by atoms with Gasteiger partial charge in [-0.25, -0.2) is 9.97 Å². The fourth-order valence-electron chi connectivity index (χ4n) is 6.42. The highest BCUT2D eigenvalue weighted by Gasteiger charge is 2.43. The molecule has 3 aliphatic rings. The van der Waals surface area contributed by atoms with Crippen LogP contribution in [0.15, 0.2) is 18.5 Å². The molecule has 3 aromatic heterocycles. The summed E-state index contributed by atoms with van der Waals surface area (Å²) in [4.78, 5) is 30.7. The first-order valence-corrected chi connectivity index (χ1v) is 13.8. The summed E-state index contributed by atoms with van der Waals surface area (Å²) in [5, 5.41) is 25.1. The molecule has 1 saturated carbocycles. The summed E-state index contributed by atoms with van der Waals surface area (Å²) in [6, 6.07) is 2.64. The normalized spacial score (nSPS) is 26.8. The minimum atomic E-state index is -0.929. The van der Waals surface area contributed by atoms with Crippen LogP contribution in [0.4, 0.5) is 5.69 Å². The number of thiazole rings is 1. The van der Waals surface area contributed by atoms with Crippen molar-refractivity contribution in [2.75, 3.05) is 38.1 Å². The van der Waals surface area contributed by atoms with Crippen LogP contribution in [0.5, 0.6) is 0 Å². The minimum absolute atomic E-state index is 0.154. The number of carbonyl (C=O) groups is 1. The van der Waals surface area contributed by atoms with Crippen molar-refractivity contribution in [1.29, 1.82) is 0 Å². The zero-order valence-electron chi connectivity index (χ0n) is 20.8. The maximum Gasteiger partial charge on any atom is 0.251 e. The Kier molecular flexibility index (Phi) is 6.23. The average Bonchev–Trinajstić information content (AvgIpc) is 3.63. The summed E-state index contributed by atoms with van der Waals surface area (Å²) in [5.74, 6) is 0.768. The minimum Gasteiger partial charge on any atom is -0.395 e. The largest absolute Gasteiger partial charge is 0.395 e. The van der Waals surface area contributed by atoms with Crippen molar-refractivity contribution in [2.24, 2.45) is 11.8 Å². The molecule has 2 aliphatic heterocycles. The van der Waals surface area contributed by atoms with Crippen LogP contribution in [0.1, 0.15) is 43.3 Å². The molecule has 6 rings (SSSR count). The van der Waals surface area contributed by atoms with Crippen molar-refractivity contribution in [3.8, 4) is 10.6 Å². The van der Waals surface area contributed by atoms with E-state index in [-0.39, 0.29) is 18.6 Å². The Morgan fingerprint density at radius 1 is 1.33 bits per heavy atom. The summed E-state index contributed by atoms with van der Waals surface area (Å²) in [6.45, 7) is 6.98. The van der Waals surface area contributed by atoms with E-state index >= 15 is 0 Å². The van der Waals surface area contributed by atoms with E-state index in [2.05, 4.69) is 33.2 Å². The van der Waals surface area contributed by atoms with E-state index < -0.39 is 6.10 Å². The van der Waals surface area contributed by atoms with Gasteiger partial charge in [0.15, 0.2) is 0 Å². The zero-order chi connectivity index (χ0) is 25.0. The van der Waals surface area contributed by atoms with Gasteiger partial charge in [0, 0.05) is 67.3 Å². The van der Waals surface area contributed by atoms with Crippen LogP contribution in [0.2, 0.25) is 0 Å². The predicted molar refractivity (Wildman–Crippen MR) is 140 cm³/mol. The van der Waals surface area contributed by atoms with Crippen LogP contribution in [-0.4, -0.2) is 85.8 Å². The van der Waals surface area contributed by atoms with Gasteiger partial charge in [-0.05, 0) is 44.6 Å². The number of nitrogens with one attached hydrogen (secondary N) is 2. The number of aromatic amines is 1. The summed E-state index contributed by atoms with van der Waals surface area (Å²) in [6.07, 6.45) is 5.83. The van der Waals surface area contributed by atoms with Crippen molar-refractivity contribution in [3.63, 3.8) is 0 Å². The van der Waals surface area contributed by atoms with E-state index in [4.69, 9.17) is 4.98 Å². The molecule has 9 nitrogen and oxygen atoms in total. The number of amides is 1. The lowest BCUT2D eigenvalue weighted by Gasteiger charge is -2.31. The number of aliphatic hydroxyl groups excluding tert-OH is 2. The lowest BCUT2D eigenvalue weighted by Crippen LogP contribution is -2.37. The molecule has 36 heavy (non-hydrogen) atoms. The third-order valence-corrected chi connectivity index (χ3v) is 9.56. The van der Waals surface area contributed by atoms with E-state index in [1.165, 1.54) is 4.88 Å². The number of fused-ring (bicyclic) bond motifs is 3. The SMILES string of the molecule is CC1c2sc(-c3cnc4[nH]ccc4c3NC3C[C@@H]4CN(C(=O)[C@H](C)O)C[C@@H]4C3)nc2CCN1CCO. The van der Waals surface area contributed by atoms with E-state index in [0.717, 1.165) is 71.9 Å². The van der Waals surface area contributed by atoms with Crippen LogP contribution in [0.3, 0.4) is 0 Å². The van der Waals surface area contributed by atoms with Gasteiger partial charge in [-0.15, -0.1) is 11.3 Å². The third-order valence-electron chi connectivity index (χ3n) is 8.26. The third kappa shape index (κ3) is 4.09. The van der Waals surface area contributed by atoms with E-state index in [1.807, 2.05) is 17.3 Å². The van der Waals surface area contributed by atoms with Gasteiger partial charge in [0.1, 0.15) is 16.8 Å². The molecule has 192 valence electrons. The van der Waals surface area contributed by atoms with Gasteiger partial charge in [-0.2, -0.15) is 0 Å². The number of aliphatic hydroxyl groups is 2. The number of likely N-dealkylation sites (tertiary alicyclic amines) is 1. The number of H-pyrrole nitrogens is 1. The van der Waals surface area contributed by atoms with Gasteiger partial charge in [0.05, 0.1) is 23.6 Å². The van der Waals surface area contributed by atoms with Crippen LogP contribution in [0, 0.1) is 11.8 Å². The van der Waals surface area contributed by atoms with Crippen molar-refractivity contribution in [3.05, 3.63) is 29.0 Å². The maximum absolute atomic E-state index is 12.3. The quantitative estimate of drug-likeness (QED) is 0.403. The Hall–Kier alpha value is -2.53. The number of β-amino-alcohol motifs (C(OH)–C–C–N with tert-alkyl or cyclic N) is 1. The van der Waals surface area contributed by atoms with Gasteiger partial charge >= 0.3 is 0 Å². The van der Waals surface area contributed by atoms with Crippen LogP contribution in [0.25, 0.3) is 21.6 Å². The molecule has 3 aromatic rings. The van der Waals surface area contributed by atoms with Crippen molar-refractivity contribution in [1.82, 2.24) is 24.8 Å². The number of rotatable bonds is 6. The molecule has 5 atom stereocenters. The monoisotopic (exact) mass is 510 g/mol. The van der Waals surface area contributed by atoms with Crippen LogP contribution in [-0.2, 0) is 11.2 Å². The Bertz CT molecular complexity index is 1260. The Morgan fingerprint density at radius 2 is 2.11 bits per heavy atom. The van der Waals surface area contributed by atoms with E-state index in [9.17, 15) is 15.0 Å². The molecule has 0 bridgehead atoms. The molecule has 4 N–H and O–H groups in total. The molecular formula is C26H34N6O3S. The molecule has 0 radical (unpaired) electrons. The molecular weight excluding hydrogens is 476 g/mol. The molecule has 1 saturated heterocycles. The van der Waals surface area contributed by atoms with Gasteiger partial charge in [0.25, 0.3) is 5.91 Å². The molecule has 0 spiro atoms. The first kappa shape index (κ1) is 23.8. The van der Waals surface area contributed by atoms with Gasteiger partial charge in [0.2, 0.25) is 0 Å². The van der Waals surface area contributed by atoms with Crippen molar-refractivity contribution in [2.45, 2.75) is 51.3 Å². The van der Waals surface area contributed by atoms with Crippen molar-refractivity contribution >= 4 is 34.0 Å². The summed E-state index contributed by atoms with van der Waals surface area (Å²) >= 11 is 1.74. The van der Waals surface area contributed by atoms with Gasteiger partial charge < -0.3 is 25.4 Å². The van der Waals surface area contributed by atoms with Gasteiger partial charge in [-0.1, -0.05) is 0 Å². The Labute approximate surface area is 214 Å². The van der Waals surface area contributed by atoms with Crippen LogP contribution >= 0.6 is 11.3 Å². The summed E-state index contributed by atoms with van der Waals surface area (Å²) < 4.78 is 0. The standard InChI is InChI=1S/C26H34N6O3S/c1-14-23-21(4-6-31(14)7-8-33)30-25(36-23)20-11-28-24-19(3-5-27-24)22(20)29-18-9-16-12-32(13-17(16)10-18)26(35)15(2)34/h3,5,11,14-18,33-34H,4,6-10,12-13H2,1-2H3,(H2,27,28,29)/t14?,15-,16-,17+,18?/m0/s1. The molecule has 1 amide bonds. The number of hydrogen-bond donors (Lipinski definition) is 4. The highest BCUT2D eigenvalue weighted by atomic mass is 32.1. The molecule has 5 heterocycles. The van der Waals surface area contributed by atoms with E-state index in [1.54, 1.807) is 18.3 Å². The number of carbonyl (C=O) groups excluding carboxylic acids is 1. The molecule has 2 fully saturated rings. The number of anilines is 1. The fraction of sp³-hybridized carbons (Fsp3) is 0.577. The summed E-state index contributed by atoms with van der Waals surface area (Å²) in [7, 11) is 0. The number of aromatic nitrogens is 3. The molecule has 1 aliphatic carbocycles. The molecule has 10 heteroatoms. The van der Waals surface area contributed by atoms with Gasteiger partial charge in [-0.3, -0.25) is 9.69 Å². The van der Waals surface area contributed by atoms with Crippen LogP contribution < -0.4 is 5.32 Å². The summed E-state index contributed by atoms with van der Waals surface area (Å²) in [5.41, 5.74) is 4.13. The second-order valence-corrected chi connectivity index (χ2v) is 11.6. The topological polar surface area (TPSA) is 118 Å². The first-order chi connectivity index (χ1) is 17.4. The highest BCUT2D eigenvalue weighted by Crippen LogP contribution is 2.44. The maximum atomic E-state index is 12.3. The molecule has 0 aromatic carbocycles. The highest BCUT2D eigenvalue weighted by molar-refractivity contribution is 7.15. The Morgan fingerprint density at radius 3 is 2.83 bits per heavy atom. The Balaban J connectivity index is 1.26. The van der Waals surface area contributed by atoms with E-state index in [0.29, 0.717) is 24.4 Å². The average molecular weight is 511 g/mol. The predicted octanol–water partition coefficient (Wildman–Crippen LogP) is 2.63. The fourth-order valence-corrected chi connectivity index (χ4v) is 7.63. The lowest BCUT2D eigenvalue weighted by atomic mass is 10.0. The number of hydrogen-bond acceptors (Lipinski definition) is 8. The zero-order valence-corrected chi connectivity index (χ0v) is 21.6. The smallest absolute Gasteiger partial charge is 0.251 e. The number of nitrogens with zero attached hydrogens (tertiary/aromatic N) is 4. The van der Waals surface area contributed by atoms with Crippen molar-refractivity contribution < 1.29 is 15.0 Å². The first-order valence-electron chi connectivity index (χ1n) is 13.0. The second kappa shape index (κ2) is 9.41. The molecule has 2 unspecified atom stereocenters. The lowest BCUT2D eigenvalue weighted by molar-refractivity contribution is -0.138.